The molecule has 14 nitrogen and oxygen atoms in total. The zero-order valence-corrected chi connectivity index (χ0v) is 25.1. The number of rotatable bonds is 14. The average Bonchev–Trinajstić information content (AvgIpc) is 3.64. The summed E-state index contributed by atoms with van der Waals surface area (Å²) >= 11 is 0. The van der Waals surface area contributed by atoms with Gasteiger partial charge in [-0.25, -0.2) is 23.3 Å². The smallest absolute Gasteiger partial charge is 0.469 e. The van der Waals surface area contributed by atoms with Crippen LogP contribution >= 0.6 is 7.82 Å². The molecule has 5 rings (SSSR count). The number of halogens is 2. The lowest BCUT2D eigenvalue weighted by Crippen LogP contribution is -2.34. The van der Waals surface area contributed by atoms with Crippen molar-refractivity contribution in [2.24, 2.45) is 0 Å². The number of amides is 1. The van der Waals surface area contributed by atoms with Crippen LogP contribution in [-0.4, -0.2) is 79.8 Å². The Morgan fingerprint density at radius 2 is 2.07 bits per heavy atom. The van der Waals surface area contributed by atoms with Gasteiger partial charge in [0, 0.05) is 30.9 Å². The van der Waals surface area contributed by atoms with Gasteiger partial charge in [0.25, 0.3) is 0 Å². The van der Waals surface area contributed by atoms with Gasteiger partial charge in [0.15, 0.2) is 11.6 Å². The number of benzene rings is 2. The minimum Gasteiger partial charge on any atom is -0.496 e. The summed E-state index contributed by atoms with van der Waals surface area (Å²) in [6.07, 6.45) is 6.85. The van der Waals surface area contributed by atoms with Crippen molar-refractivity contribution in [3.63, 3.8) is 0 Å². The Balaban J connectivity index is 1.19. The van der Waals surface area contributed by atoms with Crippen molar-refractivity contribution in [1.29, 1.82) is 0 Å². The third-order valence-corrected chi connectivity index (χ3v) is 7.60. The molecular weight excluding hydrogens is 615 g/mol. The summed E-state index contributed by atoms with van der Waals surface area (Å²) in [6.45, 7) is 1.65. The Bertz CT molecular complexity index is 1700. The number of likely N-dealkylation sites (tertiary alicyclic amines) is 1. The van der Waals surface area contributed by atoms with E-state index in [4.69, 9.17) is 23.8 Å². The summed E-state index contributed by atoms with van der Waals surface area (Å²) in [4.78, 5) is 41.2. The number of anilines is 3. The number of aromatic nitrogens is 4. The Morgan fingerprint density at radius 3 is 2.87 bits per heavy atom. The number of carbonyl (C=O) groups is 1. The predicted molar refractivity (Wildman–Crippen MR) is 159 cm³/mol. The van der Waals surface area contributed by atoms with Gasteiger partial charge in [-0.1, -0.05) is 6.07 Å². The molecule has 2 aromatic carbocycles. The van der Waals surface area contributed by atoms with E-state index in [1.54, 1.807) is 18.3 Å². The van der Waals surface area contributed by atoms with Crippen LogP contribution in [0.2, 0.25) is 0 Å². The van der Waals surface area contributed by atoms with Crippen molar-refractivity contribution >= 4 is 41.8 Å². The minimum atomic E-state index is -4.50. The van der Waals surface area contributed by atoms with E-state index in [0.717, 1.165) is 25.5 Å². The summed E-state index contributed by atoms with van der Waals surface area (Å²) in [5.41, 5.74) is 0.799. The molecule has 45 heavy (non-hydrogen) atoms. The third kappa shape index (κ3) is 8.49. The first-order valence-electron chi connectivity index (χ1n) is 14.0. The Labute approximate surface area is 256 Å². The number of ether oxygens (including phenoxy) is 2. The van der Waals surface area contributed by atoms with Crippen LogP contribution in [0.4, 0.5) is 26.0 Å². The van der Waals surface area contributed by atoms with Crippen molar-refractivity contribution in [3.05, 3.63) is 60.7 Å². The van der Waals surface area contributed by atoms with E-state index < -0.39 is 25.4 Å². The molecule has 1 fully saturated rings. The highest BCUT2D eigenvalue weighted by molar-refractivity contribution is 7.46. The largest absolute Gasteiger partial charge is 0.496 e. The fraction of sp³-hybridized carbons (Fsp3) is 0.357. The summed E-state index contributed by atoms with van der Waals surface area (Å²) in [6, 6.07) is 6.95. The van der Waals surface area contributed by atoms with Crippen molar-refractivity contribution in [3.8, 4) is 11.5 Å². The minimum absolute atomic E-state index is 0.0169. The van der Waals surface area contributed by atoms with Crippen molar-refractivity contribution in [1.82, 2.24) is 24.6 Å². The molecule has 0 radical (unpaired) electrons. The van der Waals surface area contributed by atoms with Crippen molar-refractivity contribution < 1.29 is 41.9 Å². The van der Waals surface area contributed by atoms with Crippen LogP contribution in [0.5, 0.6) is 11.5 Å². The first-order chi connectivity index (χ1) is 21.6. The summed E-state index contributed by atoms with van der Waals surface area (Å²) < 4.78 is 56.0. The number of phosphoric ester groups is 1. The van der Waals surface area contributed by atoms with E-state index in [1.165, 1.54) is 36.4 Å². The molecule has 3 heterocycles. The molecule has 0 aliphatic carbocycles. The van der Waals surface area contributed by atoms with Gasteiger partial charge in [0.1, 0.15) is 30.2 Å². The van der Waals surface area contributed by atoms with Gasteiger partial charge in [-0.3, -0.25) is 18.9 Å². The summed E-state index contributed by atoms with van der Waals surface area (Å²) in [5.74, 6) is -1.37. The maximum atomic E-state index is 13.9. The molecule has 1 aliphatic rings. The van der Waals surface area contributed by atoms with Crippen molar-refractivity contribution in [2.45, 2.75) is 31.8 Å². The predicted octanol–water partition coefficient (Wildman–Crippen LogP) is 3.84. The normalized spacial score (nSPS) is 15.4. The molecular formula is C28H32F2N7O7P. The van der Waals surface area contributed by atoms with Gasteiger partial charge in [0.2, 0.25) is 5.91 Å². The number of methoxy groups -OCH3 is 1. The fourth-order valence-electron chi connectivity index (χ4n) is 5.08. The van der Waals surface area contributed by atoms with Gasteiger partial charge < -0.3 is 29.9 Å². The van der Waals surface area contributed by atoms with Crippen LogP contribution in [0.25, 0.3) is 10.9 Å². The zero-order chi connectivity index (χ0) is 32.0. The van der Waals surface area contributed by atoms with E-state index in [9.17, 15) is 18.1 Å². The fourth-order valence-corrected chi connectivity index (χ4v) is 5.44. The number of carbonyl (C=O) groups excluding carboxylic acids is 1. The van der Waals surface area contributed by atoms with Crippen LogP contribution in [-0.2, 0) is 20.4 Å². The number of fused-ring (bicyclic) bond motifs is 1. The molecule has 240 valence electrons. The topological polar surface area (TPSA) is 173 Å². The molecule has 1 saturated heterocycles. The molecule has 1 amide bonds. The molecule has 2 aromatic heterocycles. The highest BCUT2D eigenvalue weighted by Gasteiger charge is 2.27. The van der Waals surface area contributed by atoms with E-state index in [1.807, 2.05) is 0 Å². The van der Waals surface area contributed by atoms with Crippen LogP contribution in [0.15, 0.2) is 49.1 Å². The highest BCUT2D eigenvalue weighted by Crippen LogP contribution is 2.37. The molecule has 0 unspecified atom stereocenters. The van der Waals surface area contributed by atoms with Gasteiger partial charge in [-0.15, -0.1) is 0 Å². The molecule has 0 saturated carbocycles. The lowest BCUT2D eigenvalue weighted by atomic mass is 10.2. The number of hydrogen-bond acceptors (Lipinski definition) is 10. The quantitative estimate of drug-likeness (QED) is 0.115. The van der Waals surface area contributed by atoms with E-state index >= 15 is 0 Å². The molecule has 0 spiro atoms. The van der Waals surface area contributed by atoms with Gasteiger partial charge in [0.05, 0.1) is 48.8 Å². The molecule has 1 aliphatic heterocycles. The molecule has 1 atom stereocenters. The SMILES string of the molecule is COc1cc(OCCCN2CCC[C@@H]2COP(=O)(O)O)cc2ncnc(Nc3cnn(CC(=O)Nc4cccc(F)c4F)c3)c12. The van der Waals surface area contributed by atoms with Crippen LogP contribution < -0.4 is 20.1 Å². The maximum absolute atomic E-state index is 13.9. The Kier molecular flexibility index (Phi) is 10.2. The maximum Gasteiger partial charge on any atom is 0.469 e. The third-order valence-electron chi connectivity index (χ3n) is 7.12. The van der Waals surface area contributed by atoms with E-state index in [2.05, 4.69) is 30.6 Å². The van der Waals surface area contributed by atoms with E-state index in [0.29, 0.717) is 53.5 Å². The van der Waals surface area contributed by atoms with E-state index in [-0.39, 0.29) is 24.9 Å². The van der Waals surface area contributed by atoms with Gasteiger partial charge in [-0.2, -0.15) is 5.10 Å². The Morgan fingerprint density at radius 1 is 1.22 bits per heavy atom. The molecule has 17 heteroatoms. The summed E-state index contributed by atoms with van der Waals surface area (Å²) in [5, 5.41) is 10.2. The van der Waals surface area contributed by atoms with Gasteiger partial charge >= 0.3 is 7.82 Å². The lowest BCUT2D eigenvalue weighted by molar-refractivity contribution is -0.116. The molecule has 0 bridgehead atoms. The van der Waals surface area contributed by atoms with Gasteiger partial charge in [-0.05, 0) is 37.9 Å². The van der Waals surface area contributed by atoms with Crippen LogP contribution in [0, 0.1) is 11.6 Å². The molecule has 4 N–H and O–H groups in total. The van der Waals surface area contributed by atoms with Crippen molar-refractivity contribution in [2.75, 3.05) is 44.0 Å². The monoisotopic (exact) mass is 647 g/mol. The standard InChI is InChI=1S/C28H32F2N7O7P/c1-42-24-12-20(43-10-4-9-36-8-3-5-19(36)16-44-45(39,40)41)11-23-26(24)28(32-17-31-23)34-18-13-33-37(14-18)15-25(38)35-22-7-2-6-21(29)27(22)30/h2,6-7,11-14,17,19H,3-5,8-10,15-16H2,1H3,(H,35,38)(H,31,32,34)(H2,39,40,41)/t19-/m1/s1. The van der Waals surface area contributed by atoms with Crippen LogP contribution in [0.1, 0.15) is 19.3 Å². The number of nitrogens with zero attached hydrogens (tertiary/aromatic N) is 5. The first-order valence-corrected chi connectivity index (χ1v) is 15.6. The van der Waals surface area contributed by atoms with Crippen LogP contribution in [0.3, 0.4) is 0 Å². The number of nitrogens with one attached hydrogen (secondary N) is 2. The first kappa shape index (κ1) is 32.2. The lowest BCUT2D eigenvalue weighted by Gasteiger charge is -2.24. The second-order valence-corrected chi connectivity index (χ2v) is 11.5. The second kappa shape index (κ2) is 14.3. The summed E-state index contributed by atoms with van der Waals surface area (Å²) in [7, 11) is -2.99. The second-order valence-electron chi connectivity index (χ2n) is 10.3. The number of hydrogen-bond donors (Lipinski definition) is 4. The molecule has 4 aromatic rings. The zero-order valence-electron chi connectivity index (χ0n) is 24.2. The number of phosphoric acid groups is 1. The Hall–Kier alpha value is -4.21. The highest BCUT2D eigenvalue weighted by atomic mass is 31.2. The average molecular weight is 648 g/mol.